The third-order valence-corrected chi connectivity index (χ3v) is 2.25. The van der Waals surface area contributed by atoms with E-state index in [-0.39, 0.29) is 0 Å². The molecule has 0 fully saturated rings. The highest BCUT2D eigenvalue weighted by Crippen LogP contribution is 2.03. The second-order valence-corrected chi connectivity index (χ2v) is 2.94. The van der Waals surface area contributed by atoms with Gasteiger partial charge in [0, 0.05) is 13.2 Å². The van der Waals surface area contributed by atoms with Crippen molar-refractivity contribution < 1.29 is 5.11 Å². The van der Waals surface area contributed by atoms with Crippen molar-refractivity contribution in [1.29, 1.82) is 0 Å². The number of rotatable bonds is 6. The Morgan fingerprint density at radius 2 is 1.73 bits per heavy atom. The zero-order valence-corrected chi connectivity index (χ0v) is 8.01. The first-order valence-corrected chi connectivity index (χ1v) is 4.61. The zero-order valence-electron chi connectivity index (χ0n) is 8.01. The normalized spacial score (nSPS) is 13.9. The Morgan fingerprint density at radius 1 is 1.18 bits per heavy atom. The number of nitrogens with zero attached hydrogens (tertiary/aromatic N) is 1. The van der Waals surface area contributed by atoms with Gasteiger partial charge >= 0.3 is 0 Å². The lowest BCUT2D eigenvalue weighted by Gasteiger charge is -2.22. The molecule has 0 saturated carbocycles. The summed E-state index contributed by atoms with van der Waals surface area (Å²) in [6.45, 7) is 10.00. The lowest BCUT2D eigenvalue weighted by Crippen LogP contribution is -2.30. The van der Waals surface area contributed by atoms with Crippen molar-refractivity contribution >= 4 is 0 Å². The molecule has 0 amide bonds. The second kappa shape index (κ2) is 6.62. The maximum absolute atomic E-state index is 8.94. The van der Waals surface area contributed by atoms with Gasteiger partial charge in [-0.15, -0.1) is 0 Å². The highest BCUT2D eigenvalue weighted by atomic mass is 16.3. The lowest BCUT2D eigenvalue weighted by molar-refractivity contribution is 0.168. The fourth-order valence-corrected chi connectivity index (χ4v) is 1.16. The Kier molecular flexibility index (Phi) is 6.57. The van der Waals surface area contributed by atoms with Crippen LogP contribution in [0.15, 0.2) is 0 Å². The Labute approximate surface area is 70.2 Å². The van der Waals surface area contributed by atoms with Gasteiger partial charge in [-0.05, 0) is 25.4 Å². The van der Waals surface area contributed by atoms with E-state index < -0.39 is 0 Å². The van der Waals surface area contributed by atoms with Crippen LogP contribution in [0.5, 0.6) is 0 Å². The van der Waals surface area contributed by atoms with E-state index >= 15 is 0 Å². The van der Waals surface area contributed by atoms with Crippen LogP contribution in [0.4, 0.5) is 0 Å². The van der Waals surface area contributed by atoms with Gasteiger partial charge in [-0.25, -0.2) is 0 Å². The van der Waals surface area contributed by atoms with Crippen molar-refractivity contribution in [3.05, 3.63) is 0 Å². The number of hydrogen-bond acceptors (Lipinski definition) is 2. The molecule has 0 aromatic rings. The van der Waals surface area contributed by atoms with E-state index in [9.17, 15) is 0 Å². The predicted octanol–water partition coefficient (Wildman–Crippen LogP) is 1.35. The molecule has 2 nitrogen and oxygen atoms in total. The number of hydrogen-bond donors (Lipinski definition) is 1. The van der Waals surface area contributed by atoms with Crippen LogP contribution >= 0.6 is 0 Å². The standard InChI is InChI=1S/C9H21NO/c1-4-9(8-11)7-10(5-2)6-3/h9,11H,4-8H2,1-3H3. The Hall–Kier alpha value is -0.0800. The summed E-state index contributed by atoms with van der Waals surface area (Å²) in [5.74, 6) is 0.467. The molecule has 0 aromatic carbocycles. The predicted molar refractivity (Wildman–Crippen MR) is 48.7 cm³/mol. The molecule has 1 unspecified atom stereocenters. The SMILES string of the molecule is CCC(CO)CN(CC)CC. The number of aliphatic hydroxyl groups excluding tert-OH is 1. The summed E-state index contributed by atoms with van der Waals surface area (Å²) in [5, 5.41) is 8.94. The van der Waals surface area contributed by atoms with Crippen molar-refractivity contribution in [3.63, 3.8) is 0 Å². The fraction of sp³-hybridized carbons (Fsp3) is 1.00. The highest BCUT2D eigenvalue weighted by molar-refractivity contribution is 4.61. The monoisotopic (exact) mass is 159 g/mol. The van der Waals surface area contributed by atoms with E-state index in [1.165, 1.54) is 0 Å². The summed E-state index contributed by atoms with van der Waals surface area (Å²) in [4.78, 5) is 2.35. The smallest absolute Gasteiger partial charge is 0.0471 e. The van der Waals surface area contributed by atoms with E-state index in [1.807, 2.05) is 0 Å². The first-order chi connectivity index (χ1) is 5.28. The molecule has 0 aromatic heterocycles. The van der Waals surface area contributed by atoms with Gasteiger partial charge < -0.3 is 10.0 Å². The molecule has 0 aliphatic rings. The summed E-state index contributed by atoms with van der Waals surface area (Å²) in [6.07, 6.45) is 1.08. The van der Waals surface area contributed by atoms with E-state index in [0.29, 0.717) is 12.5 Å². The molecule has 0 radical (unpaired) electrons. The summed E-state index contributed by atoms with van der Waals surface area (Å²) in [7, 11) is 0. The molecule has 0 aliphatic heterocycles. The van der Waals surface area contributed by atoms with E-state index in [0.717, 1.165) is 26.1 Å². The van der Waals surface area contributed by atoms with Crippen LogP contribution in [0.2, 0.25) is 0 Å². The molecule has 68 valence electrons. The van der Waals surface area contributed by atoms with Gasteiger partial charge in [0.05, 0.1) is 0 Å². The van der Waals surface area contributed by atoms with Crippen molar-refractivity contribution in [2.75, 3.05) is 26.2 Å². The van der Waals surface area contributed by atoms with E-state index in [2.05, 4.69) is 25.7 Å². The Balaban J connectivity index is 3.58. The van der Waals surface area contributed by atoms with Crippen LogP contribution in [-0.4, -0.2) is 36.2 Å². The minimum absolute atomic E-state index is 0.326. The molecule has 0 rings (SSSR count). The van der Waals surface area contributed by atoms with E-state index in [4.69, 9.17) is 5.11 Å². The minimum Gasteiger partial charge on any atom is -0.396 e. The Morgan fingerprint density at radius 3 is 2.00 bits per heavy atom. The largest absolute Gasteiger partial charge is 0.396 e. The van der Waals surface area contributed by atoms with Gasteiger partial charge in [0.2, 0.25) is 0 Å². The van der Waals surface area contributed by atoms with Crippen LogP contribution in [0, 0.1) is 5.92 Å². The van der Waals surface area contributed by atoms with Gasteiger partial charge in [0.1, 0.15) is 0 Å². The maximum Gasteiger partial charge on any atom is 0.0471 e. The third kappa shape index (κ3) is 4.38. The van der Waals surface area contributed by atoms with Crippen molar-refractivity contribution in [2.45, 2.75) is 27.2 Å². The summed E-state index contributed by atoms with van der Waals surface area (Å²) >= 11 is 0. The third-order valence-electron chi connectivity index (χ3n) is 2.25. The van der Waals surface area contributed by atoms with Crippen LogP contribution in [-0.2, 0) is 0 Å². The molecule has 0 bridgehead atoms. The molecule has 0 saturated heterocycles. The maximum atomic E-state index is 8.94. The quantitative estimate of drug-likeness (QED) is 0.632. The molecule has 1 atom stereocenters. The molecule has 2 heteroatoms. The topological polar surface area (TPSA) is 23.5 Å². The average molecular weight is 159 g/mol. The van der Waals surface area contributed by atoms with Gasteiger partial charge in [-0.1, -0.05) is 20.8 Å². The highest BCUT2D eigenvalue weighted by Gasteiger charge is 2.07. The fourth-order valence-electron chi connectivity index (χ4n) is 1.16. The molecular formula is C9H21NO. The van der Waals surface area contributed by atoms with Gasteiger partial charge in [-0.2, -0.15) is 0 Å². The van der Waals surface area contributed by atoms with Crippen molar-refractivity contribution in [3.8, 4) is 0 Å². The Bertz CT molecular complexity index is 67.6. The van der Waals surface area contributed by atoms with Crippen molar-refractivity contribution in [2.24, 2.45) is 5.92 Å². The van der Waals surface area contributed by atoms with Gasteiger partial charge in [0.25, 0.3) is 0 Å². The molecule has 0 heterocycles. The molecule has 0 spiro atoms. The summed E-state index contributed by atoms with van der Waals surface area (Å²) in [6, 6.07) is 0. The molecule has 0 aliphatic carbocycles. The average Bonchev–Trinajstić information content (AvgIpc) is 2.07. The molecular weight excluding hydrogens is 138 g/mol. The first kappa shape index (κ1) is 10.9. The lowest BCUT2D eigenvalue weighted by atomic mass is 10.1. The van der Waals surface area contributed by atoms with Crippen LogP contribution in [0.3, 0.4) is 0 Å². The molecule has 11 heavy (non-hydrogen) atoms. The van der Waals surface area contributed by atoms with Crippen LogP contribution in [0.25, 0.3) is 0 Å². The zero-order chi connectivity index (χ0) is 8.69. The first-order valence-electron chi connectivity index (χ1n) is 4.61. The molecule has 1 N–H and O–H groups in total. The number of aliphatic hydroxyl groups is 1. The van der Waals surface area contributed by atoms with Crippen LogP contribution < -0.4 is 0 Å². The van der Waals surface area contributed by atoms with Gasteiger partial charge in [-0.3, -0.25) is 0 Å². The van der Waals surface area contributed by atoms with Gasteiger partial charge in [0.15, 0.2) is 0 Å². The minimum atomic E-state index is 0.326. The second-order valence-electron chi connectivity index (χ2n) is 2.94. The van der Waals surface area contributed by atoms with E-state index in [1.54, 1.807) is 0 Å². The summed E-state index contributed by atoms with van der Waals surface area (Å²) in [5.41, 5.74) is 0. The summed E-state index contributed by atoms with van der Waals surface area (Å²) < 4.78 is 0. The van der Waals surface area contributed by atoms with Crippen molar-refractivity contribution in [1.82, 2.24) is 4.90 Å². The van der Waals surface area contributed by atoms with Crippen LogP contribution in [0.1, 0.15) is 27.2 Å².